The van der Waals surface area contributed by atoms with Crippen LogP contribution in [-0.4, -0.2) is 48.8 Å². The summed E-state index contributed by atoms with van der Waals surface area (Å²) in [5, 5.41) is 9.08. The second-order valence-electron chi connectivity index (χ2n) is 6.98. The van der Waals surface area contributed by atoms with E-state index in [-0.39, 0.29) is 17.9 Å². The van der Waals surface area contributed by atoms with E-state index in [4.69, 9.17) is 14.6 Å². The number of methoxy groups -OCH3 is 1. The summed E-state index contributed by atoms with van der Waals surface area (Å²) in [6.45, 7) is 7.07. The molecule has 1 saturated heterocycles. The Morgan fingerprint density at radius 3 is 2.50 bits per heavy atom. The Kier molecular flexibility index (Phi) is 7.76. The number of aliphatic hydroxyl groups is 1. The molecule has 0 radical (unpaired) electrons. The lowest BCUT2D eigenvalue weighted by Gasteiger charge is -2.20. The Morgan fingerprint density at radius 2 is 1.88 bits per heavy atom. The molecule has 1 saturated carbocycles. The summed E-state index contributed by atoms with van der Waals surface area (Å²) >= 11 is 0. The molecule has 5 nitrogen and oxygen atoms in total. The molecule has 5 heteroatoms. The van der Waals surface area contributed by atoms with Gasteiger partial charge in [0.1, 0.15) is 6.61 Å². The van der Waals surface area contributed by atoms with Gasteiger partial charge in [-0.2, -0.15) is 0 Å². The summed E-state index contributed by atoms with van der Waals surface area (Å²) in [6.07, 6.45) is 4.94. The van der Waals surface area contributed by atoms with Crippen molar-refractivity contribution in [2.45, 2.75) is 58.5 Å². The summed E-state index contributed by atoms with van der Waals surface area (Å²) in [5.41, 5.74) is 1.17. The number of nitrogens with zero attached hydrogens (tertiary/aromatic N) is 1. The Labute approximate surface area is 157 Å². The molecule has 0 aromatic heterocycles. The van der Waals surface area contributed by atoms with Gasteiger partial charge in [0.2, 0.25) is 5.91 Å². The maximum absolute atomic E-state index is 11.8. The standard InChI is InChI=1S/C19H27NO4.C2H6/c1-13-10-20(19(22)12-21)11-16(13)14-7-8-17(23-2)18(9-14)24-15-5-3-4-6-15;1-2/h7-9,13,15-16,21H,3-6,10-12H2,1-2H3;1-2H3/t13?,16-;/m1./s1. The zero-order chi connectivity index (χ0) is 19.1. The highest BCUT2D eigenvalue weighted by atomic mass is 16.5. The molecule has 1 aromatic rings. The van der Waals surface area contributed by atoms with E-state index in [0.717, 1.165) is 24.3 Å². The van der Waals surface area contributed by atoms with Crippen LogP contribution < -0.4 is 9.47 Å². The Morgan fingerprint density at radius 1 is 1.19 bits per heavy atom. The van der Waals surface area contributed by atoms with Gasteiger partial charge in [-0.1, -0.05) is 26.8 Å². The topological polar surface area (TPSA) is 59.0 Å². The molecule has 1 amide bonds. The number of ether oxygens (including phenoxy) is 2. The molecular weight excluding hydrogens is 330 g/mol. The second kappa shape index (κ2) is 9.81. The van der Waals surface area contributed by atoms with Crippen LogP contribution in [0.5, 0.6) is 11.5 Å². The molecule has 3 rings (SSSR count). The van der Waals surface area contributed by atoms with Crippen LogP contribution in [0.25, 0.3) is 0 Å². The van der Waals surface area contributed by atoms with E-state index in [1.807, 2.05) is 19.9 Å². The number of hydrogen-bond acceptors (Lipinski definition) is 4. The van der Waals surface area contributed by atoms with E-state index < -0.39 is 6.61 Å². The molecule has 1 aromatic carbocycles. The predicted molar refractivity (Wildman–Crippen MR) is 103 cm³/mol. The molecule has 0 bridgehead atoms. The van der Waals surface area contributed by atoms with Crippen molar-refractivity contribution in [3.05, 3.63) is 23.8 Å². The Bertz CT molecular complexity index is 583. The van der Waals surface area contributed by atoms with Crippen LogP contribution in [0.2, 0.25) is 0 Å². The van der Waals surface area contributed by atoms with Crippen LogP contribution in [0.4, 0.5) is 0 Å². The molecule has 2 fully saturated rings. The maximum atomic E-state index is 11.8. The van der Waals surface area contributed by atoms with Crippen molar-refractivity contribution < 1.29 is 19.4 Å². The lowest BCUT2D eigenvalue weighted by Crippen LogP contribution is -2.31. The smallest absolute Gasteiger partial charge is 0.248 e. The third-order valence-electron chi connectivity index (χ3n) is 5.31. The molecule has 1 N–H and O–H groups in total. The lowest BCUT2D eigenvalue weighted by atomic mass is 9.90. The summed E-state index contributed by atoms with van der Waals surface area (Å²) < 4.78 is 11.6. The van der Waals surface area contributed by atoms with Gasteiger partial charge >= 0.3 is 0 Å². The first-order valence-electron chi connectivity index (χ1n) is 9.85. The van der Waals surface area contributed by atoms with Crippen LogP contribution in [0, 0.1) is 5.92 Å². The number of aliphatic hydroxyl groups excluding tert-OH is 1. The lowest BCUT2D eigenvalue weighted by molar-refractivity contribution is -0.133. The third kappa shape index (κ3) is 4.70. The van der Waals surface area contributed by atoms with E-state index in [1.54, 1.807) is 12.0 Å². The minimum Gasteiger partial charge on any atom is -0.493 e. The Hall–Kier alpha value is -1.75. The minimum absolute atomic E-state index is 0.194. The highest BCUT2D eigenvalue weighted by Crippen LogP contribution is 2.38. The minimum atomic E-state index is -0.419. The van der Waals surface area contributed by atoms with Gasteiger partial charge in [0.25, 0.3) is 0 Å². The Balaban J connectivity index is 0.00000117. The summed E-state index contributed by atoms with van der Waals surface area (Å²) in [7, 11) is 1.66. The van der Waals surface area contributed by atoms with E-state index >= 15 is 0 Å². The van der Waals surface area contributed by atoms with E-state index in [2.05, 4.69) is 19.1 Å². The van der Waals surface area contributed by atoms with Gasteiger partial charge < -0.3 is 19.5 Å². The molecule has 1 aliphatic heterocycles. The first-order chi connectivity index (χ1) is 12.6. The summed E-state index contributed by atoms with van der Waals surface area (Å²) in [4.78, 5) is 13.5. The molecule has 1 unspecified atom stereocenters. The van der Waals surface area contributed by atoms with Gasteiger partial charge in [0.15, 0.2) is 11.5 Å². The first-order valence-corrected chi connectivity index (χ1v) is 9.85. The number of rotatable bonds is 5. The van der Waals surface area contributed by atoms with Gasteiger partial charge in [-0.3, -0.25) is 4.79 Å². The van der Waals surface area contributed by atoms with Gasteiger partial charge in [-0.05, 0) is 49.3 Å². The number of amides is 1. The van der Waals surface area contributed by atoms with Crippen LogP contribution in [-0.2, 0) is 4.79 Å². The summed E-state index contributed by atoms with van der Waals surface area (Å²) in [5.74, 6) is 1.99. The number of carbonyl (C=O) groups is 1. The second-order valence-corrected chi connectivity index (χ2v) is 6.98. The monoisotopic (exact) mass is 363 g/mol. The van der Waals surface area contributed by atoms with Crippen molar-refractivity contribution in [2.24, 2.45) is 5.92 Å². The SMILES string of the molecule is CC.COc1ccc([C@@H]2CN(C(=O)CO)CC2C)cc1OC1CCCC1. The fourth-order valence-corrected chi connectivity index (χ4v) is 3.91. The molecular formula is C21H33NO4. The molecule has 2 atom stereocenters. The molecule has 2 aliphatic rings. The van der Waals surface area contributed by atoms with Crippen LogP contribution in [0.1, 0.15) is 57.9 Å². The number of carbonyl (C=O) groups excluding carboxylic acids is 1. The van der Waals surface area contributed by atoms with Crippen molar-refractivity contribution in [3.8, 4) is 11.5 Å². The van der Waals surface area contributed by atoms with Crippen molar-refractivity contribution in [1.29, 1.82) is 0 Å². The van der Waals surface area contributed by atoms with Crippen molar-refractivity contribution in [1.82, 2.24) is 4.90 Å². The fourth-order valence-electron chi connectivity index (χ4n) is 3.91. The molecule has 1 aliphatic carbocycles. The van der Waals surface area contributed by atoms with Crippen LogP contribution >= 0.6 is 0 Å². The highest BCUT2D eigenvalue weighted by molar-refractivity contribution is 5.77. The van der Waals surface area contributed by atoms with Gasteiger partial charge in [0.05, 0.1) is 13.2 Å². The predicted octanol–water partition coefficient (Wildman–Crippen LogP) is 3.60. The highest BCUT2D eigenvalue weighted by Gasteiger charge is 2.33. The average molecular weight is 363 g/mol. The van der Waals surface area contributed by atoms with Gasteiger partial charge in [-0.25, -0.2) is 0 Å². The number of benzene rings is 1. The van der Waals surface area contributed by atoms with E-state index in [0.29, 0.717) is 19.0 Å². The number of hydrogen-bond donors (Lipinski definition) is 1. The fraction of sp³-hybridized carbons (Fsp3) is 0.667. The van der Waals surface area contributed by atoms with Crippen LogP contribution in [0.3, 0.4) is 0 Å². The average Bonchev–Trinajstić information content (AvgIpc) is 3.32. The molecule has 26 heavy (non-hydrogen) atoms. The van der Waals surface area contributed by atoms with Crippen molar-refractivity contribution >= 4 is 5.91 Å². The zero-order valence-corrected chi connectivity index (χ0v) is 16.5. The normalized spacial score (nSPS) is 22.7. The zero-order valence-electron chi connectivity index (χ0n) is 16.5. The van der Waals surface area contributed by atoms with Gasteiger partial charge in [-0.15, -0.1) is 0 Å². The van der Waals surface area contributed by atoms with Crippen molar-refractivity contribution in [3.63, 3.8) is 0 Å². The molecule has 0 spiro atoms. The van der Waals surface area contributed by atoms with Gasteiger partial charge in [0, 0.05) is 19.0 Å². The number of likely N-dealkylation sites (tertiary alicyclic amines) is 1. The molecule has 1 heterocycles. The van der Waals surface area contributed by atoms with E-state index in [9.17, 15) is 4.79 Å². The third-order valence-corrected chi connectivity index (χ3v) is 5.31. The van der Waals surface area contributed by atoms with E-state index in [1.165, 1.54) is 18.4 Å². The van der Waals surface area contributed by atoms with Crippen molar-refractivity contribution in [2.75, 3.05) is 26.8 Å². The quantitative estimate of drug-likeness (QED) is 0.868. The molecule has 146 valence electrons. The maximum Gasteiger partial charge on any atom is 0.248 e. The first kappa shape index (κ1) is 20.6. The largest absolute Gasteiger partial charge is 0.493 e. The summed E-state index contributed by atoms with van der Waals surface area (Å²) in [6, 6.07) is 6.10. The van der Waals surface area contributed by atoms with Crippen LogP contribution in [0.15, 0.2) is 18.2 Å².